The van der Waals surface area contributed by atoms with Crippen molar-refractivity contribution in [2.75, 3.05) is 39.3 Å². The number of carboxylic acid groups (broad SMARTS) is 5. The molecular weight excluding hydrogens is 1150 g/mol. The Morgan fingerprint density at radius 3 is 1.67 bits per heavy atom. The van der Waals surface area contributed by atoms with Crippen LogP contribution >= 0.6 is 0 Å². The van der Waals surface area contributed by atoms with Crippen molar-refractivity contribution in [2.45, 2.75) is 128 Å². The van der Waals surface area contributed by atoms with Crippen molar-refractivity contribution in [1.82, 2.24) is 31.1 Å². The summed E-state index contributed by atoms with van der Waals surface area (Å²) in [6, 6.07) is 24.6. The number of benzene rings is 5. The molecule has 4 amide bonds. The van der Waals surface area contributed by atoms with Gasteiger partial charge in [0.2, 0.25) is 23.8 Å². The van der Waals surface area contributed by atoms with E-state index in [1.165, 1.54) is 21.9 Å². The number of allylic oxidation sites excluding steroid dienone is 1. The number of rotatable bonds is 37. The molecule has 12 N–H and O–H groups in total. The molecule has 0 aliphatic heterocycles. The van der Waals surface area contributed by atoms with E-state index in [0.717, 1.165) is 27.1 Å². The number of aliphatic hydroxyl groups excluding tert-OH is 1. The summed E-state index contributed by atoms with van der Waals surface area (Å²) < 4.78 is 4.97. The van der Waals surface area contributed by atoms with Gasteiger partial charge in [-0.1, -0.05) is 79.4 Å². The quantitative estimate of drug-likeness (QED) is 0.0113. The van der Waals surface area contributed by atoms with Crippen LogP contribution in [0.2, 0.25) is 0 Å². The molecule has 1 fully saturated rings. The summed E-state index contributed by atoms with van der Waals surface area (Å²) >= 11 is 0. The van der Waals surface area contributed by atoms with Gasteiger partial charge in [-0.3, -0.25) is 38.6 Å². The highest BCUT2D eigenvalue weighted by molar-refractivity contribution is 6.03. The summed E-state index contributed by atoms with van der Waals surface area (Å²) in [5.74, 6) is -7.82. The number of aromatic hydroxyl groups is 2. The molecule has 0 bridgehead atoms. The lowest BCUT2D eigenvalue weighted by atomic mass is 9.81. The Balaban J connectivity index is 1.00. The lowest BCUT2D eigenvalue weighted by Gasteiger charge is -2.29. The van der Waals surface area contributed by atoms with Gasteiger partial charge in [0.1, 0.15) is 23.6 Å². The third kappa shape index (κ3) is 22.7. The van der Waals surface area contributed by atoms with E-state index < -0.39 is 79.0 Å². The molecule has 0 saturated heterocycles. The van der Waals surface area contributed by atoms with Gasteiger partial charge < -0.3 is 66.9 Å². The van der Waals surface area contributed by atoms with Crippen molar-refractivity contribution in [1.29, 1.82) is 0 Å². The number of nitrogens with one attached hydrogen (secondary N) is 4. The van der Waals surface area contributed by atoms with Gasteiger partial charge in [-0.2, -0.15) is 0 Å². The van der Waals surface area contributed by atoms with E-state index in [0.29, 0.717) is 60.9 Å². The lowest BCUT2D eigenvalue weighted by molar-refractivity contribution is -0.147. The molecule has 6 rings (SSSR count). The minimum Gasteiger partial charge on any atom is -0.513 e. The van der Waals surface area contributed by atoms with Crippen LogP contribution in [0.5, 0.6) is 11.5 Å². The van der Waals surface area contributed by atoms with E-state index in [2.05, 4.69) is 33.9 Å². The molecule has 1 aliphatic rings. The maximum Gasteiger partial charge on any atom is 0.408 e. The molecule has 0 unspecified atom stereocenters. The van der Waals surface area contributed by atoms with Crippen LogP contribution in [0.25, 0.3) is 21.5 Å². The fraction of sp³-hybridized carbons (Fsp3) is 0.431. The van der Waals surface area contributed by atoms with Crippen molar-refractivity contribution in [2.24, 2.45) is 11.8 Å². The number of unbranched alkanes of at least 4 members (excludes halogenated alkanes) is 1. The van der Waals surface area contributed by atoms with Crippen molar-refractivity contribution in [3.8, 4) is 11.5 Å². The summed E-state index contributed by atoms with van der Waals surface area (Å²) in [4.78, 5) is 116. The topological polar surface area (TPSA) is 379 Å². The maximum atomic E-state index is 14.2. The van der Waals surface area contributed by atoms with Gasteiger partial charge in [0.05, 0.1) is 18.8 Å². The number of ether oxygens (including phenoxy) is 1. The highest BCUT2D eigenvalue weighted by Gasteiger charge is 2.32. The zero-order valence-electron chi connectivity index (χ0n) is 49.6. The standard InChI is InChI=1S/C65H80N6O18/c1-40(72)9-8-15-56(64(86)87)89-65(88)69-52(63(84)85)14-6-7-28-66-62(83)53(34-51-49-12-4-2-10-45(49)33-46-11-3-5-13-50(46)51)68-61(82)44-22-16-43(17-23-44)35-67-57(75)26-20-41-18-24-54(73)47(31-41)36-70(38-59(78)79)29-30-71(39-60(80)81)37-48-32-42(19-25-55(48)74)21-27-58(76)77/h2-5,10-13,18-19,24-25,31-33,43-44,52-53,56,72-74H,1,6-9,14-17,20-23,26-30,34-39H2,(H,66,83)(H,67,75)(H,68,82)(H,69,88)(H,76,77)(H,78,79)(H,80,81)(H,84,85)(H,86,87)/t43?,44?,52-,53-,56+/m0/s1. The van der Waals surface area contributed by atoms with Crippen molar-refractivity contribution in [3.05, 3.63) is 131 Å². The van der Waals surface area contributed by atoms with Gasteiger partial charge in [-0.05, 0) is 133 Å². The minimum atomic E-state index is -1.58. The summed E-state index contributed by atoms with van der Waals surface area (Å²) in [6.07, 6.45) is 0.585. The first-order valence-corrected chi connectivity index (χ1v) is 29.8. The number of phenolic OH excluding ortho intramolecular Hbond substituents is 2. The zero-order chi connectivity index (χ0) is 64.6. The number of carboxylic acids is 5. The highest BCUT2D eigenvalue weighted by atomic mass is 16.6. The fourth-order valence-corrected chi connectivity index (χ4v) is 11.0. The van der Waals surface area contributed by atoms with E-state index >= 15 is 0 Å². The van der Waals surface area contributed by atoms with Crippen molar-refractivity contribution in [3.63, 3.8) is 0 Å². The number of fused-ring (bicyclic) bond motifs is 2. The van der Waals surface area contributed by atoms with Gasteiger partial charge in [0.15, 0.2) is 0 Å². The largest absolute Gasteiger partial charge is 0.513 e. The van der Waals surface area contributed by atoms with Gasteiger partial charge in [0, 0.05) is 82.0 Å². The highest BCUT2D eigenvalue weighted by Crippen LogP contribution is 2.32. The van der Waals surface area contributed by atoms with E-state index in [-0.39, 0.29) is 132 Å². The van der Waals surface area contributed by atoms with E-state index in [4.69, 9.17) is 9.84 Å². The number of aliphatic carboxylic acids is 5. The van der Waals surface area contributed by atoms with Crippen LogP contribution in [0.1, 0.15) is 105 Å². The number of aliphatic hydroxyl groups is 1. The molecule has 24 heteroatoms. The molecule has 0 aromatic heterocycles. The zero-order valence-corrected chi connectivity index (χ0v) is 49.6. The number of phenols is 2. The second kappa shape index (κ2) is 34.3. The Morgan fingerprint density at radius 1 is 0.584 bits per heavy atom. The summed E-state index contributed by atoms with van der Waals surface area (Å²) in [6.45, 7) is 2.97. The second-order valence-electron chi connectivity index (χ2n) is 22.6. The number of nitrogens with zero attached hydrogens (tertiary/aromatic N) is 2. The normalized spacial score (nSPS) is 14.9. The van der Waals surface area contributed by atoms with Gasteiger partial charge in [-0.25, -0.2) is 14.4 Å². The predicted molar refractivity (Wildman–Crippen MR) is 327 cm³/mol. The number of aryl methyl sites for hydroxylation is 2. The Morgan fingerprint density at radius 2 is 1.15 bits per heavy atom. The van der Waals surface area contributed by atoms with E-state index in [1.54, 1.807) is 24.3 Å². The molecular formula is C65H80N6O18. The van der Waals surface area contributed by atoms with Crippen LogP contribution < -0.4 is 21.3 Å². The monoisotopic (exact) mass is 1230 g/mol. The molecule has 24 nitrogen and oxygen atoms in total. The molecule has 1 saturated carbocycles. The Hall–Kier alpha value is -9.29. The molecule has 3 atom stereocenters. The Labute approximate surface area is 514 Å². The number of carbonyl (C=O) groups excluding carboxylic acids is 4. The number of hydrogen-bond acceptors (Lipinski definition) is 15. The Bertz CT molecular complexity index is 3270. The molecule has 0 radical (unpaired) electrons. The molecule has 1 aliphatic carbocycles. The molecule has 0 spiro atoms. The summed E-state index contributed by atoms with van der Waals surface area (Å²) in [5, 5.41) is 93.5. The van der Waals surface area contributed by atoms with Gasteiger partial charge in [0.25, 0.3) is 0 Å². The summed E-state index contributed by atoms with van der Waals surface area (Å²) in [7, 11) is 0. The second-order valence-corrected chi connectivity index (χ2v) is 22.6. The average Bonchev–Trinajstić information content (AvgIpc) is 1.16. The fourth-order valence-electron chi connectivity index (χ4n) is 11.0. The van der Waals surface area contributed by atoms with E-state index in [9.17, 15) is 78.9 Å². The molecule has 89 heavy (non-hydrogen) atoms. The number of alkyl carbamates (subject to hydrolysis) is 1. The number of amides is 4. The SMILES string of the molecule is C=C(O)CCC[C@@H](OC(=O)N[C@@H](CCCCNC(=O)[C@H](Cc1c2ccccc2cc2ccccc12)NC(=O)C1CCC(CNC(=O)CCc2ccc(O)c(CN(CCN(CC(=O)O)Cc3cc(CCC(=O)O)ccc3O)CC(=O)O)c2)CC1)C(=O)O)C(=O)O. The molecule has 5 aromatic carbocycles. The third-order valence-corrected chi connectivity index (χ3v) is 15.8. The van der Waals surface area contributed by atoms with Crippen molar-refractivity contribution >= 4 is 75.2 Å². The Kier molecular flexibility index (Phi) is 26.5. The smallest absolute Gasteiger partial charge is 0.408 e. The van der Waals surface area contributed by atoms with Crippen LogP contribution in [0.15, 0.2) is 103 Å². The number of hydrogen-bond donors (Lipinski definition) is 12. The third-order valence-electron chi connectivity index (χ3n) is 15.8. The lowest BCUT2D eigenvalue weighted by Crippen LogP contribution is -2.50. The summed E-state index contributed by atoms with van der Waals surface area (Å²) in [5.41, 5.74) is 2.97. The first-order chi connectivity index (χ1) is 42.5. The van der Waals surface area contributed by atoms with Crippen LogP contribution in [-0.2, 0) is 75.4 Å². The van der Waals surface area contributed by atoms with Gasteiger partial charge >= 0.3 is 35.9 Å². The predicted octanol–water partition coefficient (Wildman–Crippen LogP) is 6.64. The molecule has 478 valence electrons. The minimum absolute atomic E-state index is 0.0248. The number of carbonyl (C=O) groups is 9. The van der Waals surface area contributed by atoms with Crippen LogP contribution in [0, 0.1) is 11.8 Å². The van der Waals surface area contributed by atoms with Crippen molar-refractivity contribution < 1.29 is 88.7 Å². The van der Waals surface area contributed by atoms with Crippen LogP contribution in [0.3, 0.4) is 0 Å². The van der Waals surface area contributed by atoms with E-state index in [1.807, 2.05) is 48.5 Å². The molecule has 5 aromatic rings. The first-order valence-electron chi connectivity index (χ1n) is 29.8. The maximum absolute atomic E-state index is 14.2. The molecule has 0 heterocycles. The van der Waals surface area contributed by atoms with Crippen LogP contribution in [-0.4, -0.2) is 162 Å². The average molecular weight is 1230 g/mol. The van der Waals surface area contributed by atoms with Gasteiger partial charge in [-0.15, -0.1) is 0 Å². The van der Waals surface area contributed by atoms with Crippen LogP contribution in [0.4, 0.5) is 4.79 Å². The first kappa shape index (κ1) is 68.8.